The summed E-state index contributed by atoms with van der Waals surface area (Å²) < 4.78 is 0.0789. The number of hydrogen-bond acceptors (Lipinski definition) is 0. The van der Waals surface area contributed by atoms with Crippen molar-refractivity contribution in [3.63, 3.8) is 0 Å². The summed E-state index contributed by atoms with van der Waals surface area (Å²) in [5.41, 5.74) is 0. The second-order valence-corrected chi connectivity index (χ2v) is 11.5. The standard InChI is InChI=1S/BI2S/c1-4(2)3/i2+4. The molecule has 0 aliphatic rings. The van der Waals surface area contributed by atoms with Crippen LogP contribution in [0.1, 0.15) is 0 Å². The van der Waals surface area contributed by atoms with Gasteiger partial charge in [0, 0.05) is 0 Å². The molecule has 0 aliphatic heterocycles. The van der Waals surface area contributed by atoms with Gasteiger partial charge < -0.3 is 0 Å². The van der Waals surface area contributed by atoms with Crippen LogP contribution in [0.4, 0.5) is 0 Å². The zero-order valence-corrected chi connectivity index (χ0v) is 6.87. The molecule has 0 aromatic rings. The van der Waals surface area contributed by atoms with Gasteiger partial charge in [0.05, 0.1) is 0 Å². The van der Waals surface area contributed by atoms with E-state index in [0.717, 1.165) is 0 Å². The summed E-state index contributed by atoms with van der Waals surface area (Å²) in [6.07, 6.45) is 0. The molecule has 1 atom stereocenters. The Hall–Kier alpha value is 1.87. The van der Waals surface area contributed by atoms with E-state index in [1.165, 1.54) is 0 Å². The maximum atomic E-state index is 5.11. The quantitative estimate of drug-likeness (QED) is 0.474. The molecule has 1 radical (unpaired) electrons. The van der Waals surface area contributed by atoms with Gasteiger partial charge in [0.25, 0.3) is 0 Å². The predicted molar refractivity (Wildman–Crippen MR) is 41.4 cm³/mol. The van der Waals surface area contributed by atoms with Gasteiger partial charge in [-0.15, -0.1) is 0 Å². The Labute approximate surface area is 53.1 Å². The molecule has 0 spiro atoms. The second kappa shape index (κ2) is 3.08. The molecule has 4 heteroatoms. The zero-order valence-electron chi connectivity index (χ0n) is 1.74. The first-order valence-corrected chi connectivity index (χ1v) is 6.92. The minimum absolute atomic E-state index is 0.0789. The molecule has 23 valence electrons. The molecule has 0 aromatic heterocycles. The Morgan fingerprint density at radius 2 is 2.00 bits per heavy atom. The van der Waals surface area contributed by atoms with Crippen molar-refractivity contribution in [2.24, 2.45) is 0 Å². The normalized spacial score (nSPS) is 15.2. The van der Waals surface area contributed by atoms with Gasteiger partial charge in [-0.2, -0.15) is 0 Å². The van der Waals surface area contributed by atoms with Gasteiger partial charge in [-0.3, -0.25) is 0 Å². The number of halogens is 2. The van der Waals surface area contributed by atoms with E-state index in [4.69, 9.17) is 6.72 Å². The Bertz CT molecular complexity index is 29.0. The summed E-state index contributed by atoms with van der Waals surface area (Å²) in [4.78, 5) is 0. The summed E-state index contributed by atoms with van der Waals surface area (Å²) in [6.45, 7) is 5.11. The van der Waals surface area contributed by atoms with Crippen LogP contribution in [0.25, 0.3) is 0 Å². The maximum absolute atomic E-state index is 5.11. The monoisotopic (exact) mass is 301 g/mol. The van der Waals surface area contributed by atoms with E-state index in [2.05, 4.69) is 42.4 Å². The van der Waals surface area contributed by atoms with Gasteiger partial charge in [0.1, 0.15) is 0 Å². The molecule has 0 N–H and O–H groups in total. The summed E-state index contributed by atoms with van der Waals surface area (Å²) in [5, 5.41) is 0. The number of hydrogen-bond donors (Lipinski definition) is 0. The molecule has 0 amide bonds. The topological polar surface area (TPSA) is 0 Å². The molecule has 1 unspecified atom stereocenters. The van der Waals surface area contributed by atoms with E-state index >= 15 is 0 Å². The molecule has 0 rings (SSSR count). The van der Waals surface area contributed by atoms with Gasteiger partial charge in [-0.1, -0.05) is 0 Å². The third-order valence-electron chi connectivity index (χ3n) is 0. The molecule has 0 bridgehead atoms. The Morgan fingerprint density at radius 1 is 2.00 bits per heavy atom. The first kappa shape index (κ1) is 5.87. The Morgan fingerprint density at radius 3 is 2.00 bits per heavy atom. The average molecular weight is 301 g/mol. The van der Waals surface area contributed by atoms with Crippen LogP contribution in [0.2, 0.25) is 0 Å². The Balaban J connectivity index is 2.80. The summed E-state index contributed by atoms with van der Waals surface area (Å²) >= 11 is 4.27. The van der Waals surface area contributed by atoms with Gasteiger partial charge in [0.15, 0.2) is 0 Å². The molecular formula is BI2S. The summed E-state index contributed by atoms with van der Waals surface area (Å²) in [5.74, 6) is 0. The van der Waals surface area contributed by atoms with Gasteiger partial charge >= 0.3 is 53.8 Å². The van der Waals surface area contributed by atoms with Crippen molar-refractivity contribution >= 4 is 53.8 Å². The third kappa shape index (κ3) is 9.11. The van der Waals surface area contributed by atoms with Crippen LogP contribution in [0.3, 0.4) is 0 Å². The summed E-state index contributed by atoms with van der Waals surface area (Å²) in [6, 6.07) is 0. The first-order chi connectivity index (χ1) is 1.73. The second-order valence-electron chi connectivity index (χ2n) is 0.236. The molecule has 0 saturated heterocycles. The van der Waals surface area contributed by atoms with Crippen molar-refractivity contribution in [3.05, 3.63) is 0 Å². The van der Waals surface area contributed by atoms with E-state index < -0.39 is 0 Å². The molecule has 0 aliphatic carbocycles. The molecule has 0 nitrogen and oxygen atoms in total. The van der Waals surface area contributed by atoms with E-state index in [1.807, 2.05) is 0 Å². The van der Waals surface area contributed by atoms with E-state index in [1.54, 1.807) is 0 Å². The van der Waals surface area contributed by atoms with Crippen LogP contribution in [-0.4, -0.2) is 6.72 Å². The van der Waals surface area contributed by atoms with E-state index in [9.17, 15) is 0 Å². The van der Waals surface area contributed by atoms with Crippen molar-refractivity contribution in [2.75, 3.05) is 0 Å². The summed E-state index contributed by atoms with van der Waals surface area (Å²) in [7, 11) is 0. The fourth-order valence-corrected chi connectivity index (χ4v) is 0. The van der Waals surface area contributed by atoms with Gasteiger partial charge in [-0.25, -0.2) is 0 Å². The predicted octanol–water partition coefficient (Wildman–Crippen LogP) is 2.04. The van der Waals surface area contributed by atoms with Crippen molar-refractivity contribution < 1.29 is 0 Å². The van der Waals surface area contributed by atoms with Crippen molar-refractivity contribution in [2.45, 2.75) is 0 Å². The minimum atomic E-state index is 0.0789. The number of rotatable bonds is 0. The van der Waals surface area contributed by atoms with Gasteiger partial charge in [0.2, 0.25) is 0 Å². The van der Waals surface area contributed by atoms with E-state index in [-0.39, 0.29) is 4.66 Å². The van der Waals surface area contributed by atoms with Gasteiger partial charge in [-0.05, 0) is 0 Å². The molecule has 0 heterocycles. The first-order valence-electron chi connectivity index (χ1n) is 0.544. The van der Waals surface area contributed by atoms with Crippen LogP contribution < -0.4 is 0 Å². The van der Waals surface area contributed by atoms with Crippen molar-refractivity contribution in [1.29, 1.82) is 0 Å². The fourth-order valence-electron chi connectivity index (χ4n) is 0. The molecule has 0 aromatic carbocycles. The third-order valence-corrected chi connectivity index (χ3v) is 0. The Kier molecular flexibility index (Phi) is 4.52. The van der Waals surface area contributed by atoms with Crippen LogP contribution in [0, 0.1) is 0 Å². The van der Waals surface area contributed by atoms with Crippen LogP contribution >= 0.6 is 47.1 Å². The molecular weight excluding hydrogens is 301 g/mol. The zero-order chi connectivity index (χ0) is 3.58. The average Bonchev–Trinajstić information content (AvgIpc) is 0.811. The molecule has 4 heavy (non-hydrogen) atoms. The molecule has 0 fully saturated rings. The van der Waals surface area contributed by atoms with Crippen LogP contribution in [0.5, 0.6) is 0 Å². The van der Waals surface area contributed by atoms with Crippen molar-refractivity contribution in [1.82, 2.24) is 0 Å². The van der Waals surface area contributed by atoms with E-state index in [0.29, 0.717) is 0 Å². The van der Waals surface area contributed by atoms with Crippen LogP contribution in [0.15, 0.2) is 0 Å². The van der Waals surface area contributed by atoms with Crippen molar-refractivity contribution in [3.8, 4) is 0 Å². The SMILES string of the molecule is [B]=S(I)[131I]. The fraction of sp³-hybridized carbons (Fsp3) is 0. The molecule has 0 saturated carbocycles. The van der Waals surface area contributed by atoms with Crippen LogP contribution in [-0.2, 0) is 0 Å².